The van der Waals surface area contributed by atoms with Crippen LogP contribution in [0.15, 0.2) is 66.7 Å². The van der Waals surface area contributed by atoms with E-state index in [2.05, 4.69) is 10.6 Å². The maximum Gasteiger partial charge on any atom is 0.273 e. The standard InChI is InChI=1S/C21H18ClN3O3/c1-14-17(8-5-9-20(14)25(27)28)21(26)24-16-10-11-19(18(22)12-16)23-13-15-6-3-2-4-7-15/h2-12,23H,13H2,1H3,(H,24,26). The summed E-state index contributed by atoms with van der Waals surface area (Å²) in [6.07, 6.45) is 0. The number of halogens is 1. The molecule has 0 atom stereocenters. The fourth-order valence-corrected chi connectivity index (χ4v) is 3.04. The van der Waals surface area contributed by atoms with Crippen LogP contribution in [0.1, 0.15) is 21.5 Å². The SMILES string of the molecule is Cc1c(C(=O)Nc2ccc(NCc3ccccc3)c(Cl)c2)cccc1[N+](=O)[O-]. The molecule has 142 valence electrons. The Kier molecular flexibility index (Phi) is 5.91. The molecule has 3 aromatic rings. The normalized spacial score (nSPS) is 10.4. The van der Waals surface area contributed by atoms with Crippen molar-refractivity contribution in [3.05, 3.63) is 98.6 Å². The van der Waals surface area contributed by atoms with Crippen LogP contribution >= 0.6 is 11.6 Å². The largest absolute Gasteiger partial charge is 0.380 e. The second-order valence-electron chi connectivity index (χ2n) is 6.19. The van der Waals surface area contributed by atoms with Gasteiger partial charge in [0.2, 0.25) is 0 Å². The second kappa shape index (κ2) is 8.54. The van der Waals surface area contributed by atoms with E-state index in [9.17, 15) is 14.9 Å². The average Bonchev–Trinajstić information content (AvgIpc) is 2.68. The maximum absolute atomic E-state index is 12.5. The number of nitrogens with one attached hydrogen (secondary N) is 2. The fourth-order valence-electron chi connectivity index (χ4n) is 2.80. The van der Waals surface area contributed by atoms with Crippen LogP contribution in [-0.2, 0) is 6.54 Å². The number of hydrogen-bond acceptors (Lipinski definition) is 4. The van der Waals surface area contributed by atoms with Crippen molar-refractivity contribution in [2.75, 3.05) is 10.6 Å². The minimum absolute atomic E-state index is 0.0915. The van der Waals surface area contributed by atoms with Crippen LogP contribution in [-0.4, -0.2) is 10.8 Å². The van der Waals surface area contributed by atoms with Crippen LogP contribution in [0.3, 0.4) is 0 Å². The quantitative estimate of drug-likeness (QED) is 0.431. The third kappa shape index (κ3) is 4.47. The number of rotatable bonds is 6. The first-order valence-corrected chi connectivity index (χ1v) is 8.96. The predicted octanol–water partition coefficient (Wildman–Crippen LogP) is 5.42. The lowest BCUT2D eigenvalue weighted by atomic mass is 10.1. The Labute approximate surface area is 167 Å². The molecule has 0 aliphatic rings. The zero-order valence-electron chi connectivity index (χ0n) is 15.1. The molecule has 0 saturated heterocycles. The van der Waals surface area contributed by atoms with Crippen molar-refractivity contribution in [1.82, 2.24) is 0 Å². The van der Waals surface area contributed by atoms with Gasteiger partial charge in [0.05, 0.1) is 15.6 Å². The monoisotopic (exact) mass is 395 g/mol. The Morgan fingerprint density at radius 2 is 1.82 bits per heavy atom. The van der Waals surface area contributed by atoms with E-state index in [0.29, 0.717) is 22.8 Å². The molecular weight excluding hydrogens is 378 g/mol. The molecule has 2 N–H and O–H groups in total. The van der Waals surface area contributed by atoms with E-state index in [1.165, 1.54) is 12.1 Å². The molecule has 6 nitrogen and oxygen atoms in total. The zero-order chi connectivity index (χ0) is 20.1. The van der Waals surface area contributed by atoms with Gasteiger partial charge in [-0.3, -0.25) is 14.9 Å². The van der Waals surface area contributed by atoms with Crippen molar-refractivity contribution in [2.45, 2.75) is 13.5 Å². The van der Waals surface area contributed by atoms with Gasteiger partial charge in [-0.05, 0) is 36.8 Å². The number of amides is 1. The summed E-state index contributed by atoms with van der Waals surface area (Å²) in [7, 11) is 0. The average molecular weight is 396 g/mol. The van der Waals surface area contributed by atoms with Gasteiger partial charge in [-0.15, -0.1) is 0 Å². The van der Waals surface area contributed by atoms with Crippen LogP contribution in [0.2, 0.25) is 5.02 Å². The minimum Gasteiger partial charge on any atom is -0.380 e. The Morgan fingerprint density at radius 1 is 1.07 bits per heavy atom. The van der Waals surface area contributed by atoms with E-state index >= 15 is 0 Å². The maximum atomic E-state index is 12.5. The van der Waals surface area contributed by atoms with Crippen LogP contribution in [0, 0.1) is 17.0 Å². The van der Waals surface area contributed by atoms with Crippen LogP contribution in [0.5, 0.6) is 0 Å². The first-order valence-electron chi connectivity index (χ1n) is 8.58. The molecule has 7 heteroatoms. The van der Waals surface area contributed by atoms with E-state index in [4.69, 9.17) is 11.6 Å². The Bertz CT molecular complexity index is 1020. The highest BCUT2D eigenvalue weighted by Gasteiger charge is 2.18. The number of carbonyl (C=O) groups is 1. The molecule has 0 fully saturated rings. The molecule has 0 heterocycles. The van der Waals surface area contributed by atoms with Gasteiger partial charge < -0.3 is 10.6 Å². The summed E-state index contributed by atoms with van der Waals surface area (Å²) < 4.78 is 0. The zero-order valence-corrected chi connectivity index (χ0v) is 15.9. The molecular formula is C21H18ClN3O3. The second-order valence-corrected chi connectivity index (χ2v) is 6.60. The third-order valence-corrected chi connectivity index (χ3v) is 4.61. The molecule has 3 aromatic carbocycles. The number of benzene rings is 3. The van der Waals surface area contributed by atoms with E-state index in [-0.39, 0.29) is 11.3 Å². The number of nitro benzene ring substituents is 1. The van der Waals surface area contributed by atoms with Crippen molar-refractivity contribution in [3.8, 4) is 0 Å². The minimum atomic E-state index is -0.504. The molecule has 0 aromatic heterocycles. The van der Waals surface area contributed by atoms with Gasteiger partial charge in [0.1, 0.15) is 0 Å². The number of anilines is 2. The molecule has 0 radical (unpaired) electrons. The molecule has 0 saturated carbocycles. The third-order valence-electron chi connectivity index (χ3n) is 4.30. The summed E-state index contributed by atoms with van der Waals surface area (Å²) in [4.78, 5) is 23.1. The summed E-state index contributed by atoms with van der Waals surface area (Å²) in [6, 6.07) is 19.5. The van der Waals surface area contributed by atoms with Gasteiger partial charge >= 0.3 is 0 Å². The van der Waals surface area contributed by atoms with Crippen molar-refractivity contribution in [1.29, 1.82) is 0 Å². The lowest BCUT2D eigenvalue weighted by Crippen LogP contribution is -2.14. The lowest BCUT2D eigenvalue weighted by molar-refractivity contribution is -0.385. The molecule has 0 bridgehead atoms. The highest BCUT2D eigenvalue weighted by Crippen LogP contribution is 2.27. The summed E-state index contributed by atoms with van der Waals surface area (Å²) in [6.45, 7) is 2.18. The van der Waals surface area contributed by atoms with Crippen LogP contribution in [0.4, 0.5) is 17.1 Å². The summed E-state index contributed by atoms with van der Waals surface area (Å²) in [5, 5.41) is 17.5. The molecule has 3 rings (SSSR count). The fraction of sp³-hybridized carbons (Fsp3) is 0.0952. The molecule has 1 amide bonds. The smallest absolute Gasteiger partial charge is 0.273 e. The summed E-state index contributed by atoms with van der Waals surface area (Å²) >= 11 is 6.32. The highest BCUT2D eigenvalue weighted by molar-refractivity contribution is 6.33. The Hall–Kier alpha value is -3.38. The van der Waals surface area contributed by atoms with Gasteiger partial charge in [0.25, 0.3) is 11.6 Å². The molecule has 0 aliphatic carbocycles. The highest BCUT2D eigenvalue weighted by atomic mass is 35.5. The summed E-state index contributed by atoms with van der Waals surface area (Å²) in [5.74, 6) is -0.428. The van der Waals surface area contributed by atoms with Gasteiger partial charge in [0.15, 0.2) is 0 Å². The van der Waals surface area contributed by atoms with Gasteiger partial charge in [-0.2, -0.15) is 0 Å². The van der Waals surface area contributed by atoms with Crippen molar-refractivity contribution in [3.63, 3.8) is 0 Å². The molecule has 0 unspecified atom stereocenters. The van der Waals surface area contributed by atoms with Gasteiger partial charge in [-0.25, -0.2) is 0 Å². The molecule has 0 aliphatic heterocycles. The van der Waals surface area contributed by atoms with E-state index in [1.54, 1.807) is 31.2 Å². The predicted molar refractivity (Wildman–Crippen MR) is 111 cm³/mol. The Balaban J connectivity index is 1.71. The Morgan fingerprint density at radius 3 is 2.50 bits per heavy atom. The van der Waals surface area contributed by atoms with Crippen molar-refractivity contribution in [2.24, 2.45) is 0 Å². The molecule has 0 spiro atoms. The first-order chi connectivity index (χ1) is 13.5. The summed E-state index contributed by atoms with van der Waals surface area (Å²) in [5.41, 5.74) is 2.85. The first kappa shape index (κ1) is 19.4. The molecule has 28 heavy (non-hydrogen) atoms. The number of nitrogens with zero attached hydrogens (tertiary/aromatic N) is 1. The van der Waals surface area contributed by atoms with Gasteiger partial charge in [-0.1, -0.05) is 48.0 Å². The van der Waals surface area contributed by atoms with Crippen molar-refractivity contribution >= 4 is 34.6 Å². The number of carbonyl (C=O) groups excluding carboxylic acids is 1. The van der Waals surface area contributed by atoms with Crippen LogP contribution in [0.25, 0.3) is 0 Å². The number of nitro groups is 1. The topological polar surface area (TPSA) is 84.3 Å². The van der Waals surface area contributed by atoms with Crippen LogP contribution < -0.4 is 10.6 Å². The van der Waals surface area contributed by atoms with E-state index in [0.717, 1.165) is 11.3 Å². The van der Waals surface area contributed by atoms with E-state index < -0.39 is 10.8 Å². The van der Waals surface area contributed by atoms with Gasteiger partial charge in [0, 0.05) is 29.4 Å². The van der Waals surface area contributed by atoms with Crippen molar-refractivity contribution < 1.29 is 9.72 Å². The van der Waals surface area contributed by atoms with E-state index in [1.807, 2.05) is 30.3 Å². The number of hydrogen-bond donors (Lipinski definition) is 2. The lowest BCUT2D eigenvalue weighted by Gasteiger charge is -2.12.